The number of amides is 2. The van der Waals surface area contributed by atoms with E-state index in [1.807, 2.05) is 51.1 Å². The minimum Gasteiger partial charge on any atom is -0.444 e. The second kappa shape index (κ2) is 12.7. The fourth-order valence-electron chi connectivity index (χ4n) is 5.42. The van der Waals surface area contributed by atoms with Crippen molar-refractivity contribution >= 4 is 17.7 Å². The van der Waals surface area contributed by atoms with Gasteiger partial charge >= 0.3 is 6.09 Å². The minimum atomic E-state index is -0.662. The van der Waals surface area contributed by atoms with E-state index in [0.29, 0.717) is 41.4 Å². The van der Waals surface area contributed by atoms with Gasteiger partial charge in [-0.1, -0.05) is 18.2 Å². The van der Waals surface area contributed by atoms with Crippen molar-refractivity contribution in [2.45, 2.75) is 78.6 Å². The van der Waals surface area contributed by atoms with Crippen LogP contribution in [0.3, 0.4) is 0 Å². The number of rotatable bonds is 3. The lowest BCUT2D eigenvalue weighted by Crippen LogP contribution is -2.40. The molecule has 0 atom stereocenters. The van der Waals surface area contributed by atoms with Gasteiger partial charge in [-0.15, -0.1) is 0 Å². The normalized spacial score (nSPS) is 17.0. The molecule has 2 amide bonds. The lowest BCUT2D eigenvalue weighted by molar-refractivity contribution is 0.0255. The number of nitrogens with zero attached hydrogens (tertiary/aromatic N) is 2. The van der Waals surface area contributed by atoms with Crippen LogP contribution in [-0.4, -0.2) is 59.8 Å². The number of pyridine rings is 1. The van der Waals surface area contributed by atoms with Gasteiger partial charge in [-0.2, -0.15) is 0 Å². The van der Waals surface area contributed by atoms with Crippen molar-refractivity contribution in [2.75, 3.05) is 31.2 Å². The number of hydrogen-bond acceptors (Lipinski definition) is 6. The molecule has 0 spiro atoms. The number of allylic oxidation sites excluding steroid dienone is 1. The van der Waals surface area contributed by atoms with Gasteiger partial charge in [0.15, 0.2) is 0 Å². The number of carbonyl (C=O) groups excluding carboxylic acids is 2. The van der Waals surface area contributed by atoms with E-state index in [4.69, 9.17) is 9.47 Å². The van der Waals surface area contributed by atoms with Gasteiger partial charge in [0.1, 0.15) is 5.60 Å². The molecule has 2 aliphatic heterocycles. The van der Waals surface area contributed by atoms with Gasteiger partial charge in [0.25, 0.3) is 11.5 Å². The number of anilines is 1. The van der Waals surface area contributed by atoms with Crippen molar-refractivity contribution in [2.24, 2.45) is 0 Å². The highest BCUT2D eigenvalue weighted by molar-refractivity contribution is 5.97. The number of aromatic nitrogens is 1. The molecule has 9 nitrogen and oxygen atoms in total. The van der Waals surface area contributed by atoms with Crippen LogP contribution in [-0.2, 0) is 29.0 Å². The van der Waals surface area contributed by atoms with Gasteiger partial charge < -0.3 is 29.6 Å². The van der Waals surface area contributed by atoms with Crippen molar-refractivity contribution < 1.29 is 19.1 Å². The average Bonchev–Trinajstić information content (AvgIpc) is 2.90. The van der Waals surface area contributed by atoms with Crippen LogP contribution >= 0.6 is 0 Å². The zero-order valence-electron chi connectivity index (χ0n) is 24.3. The Balaban J connectivity index is 1.76. The van der Waals surface area contributed by atoms with Gasteiger partial charge in [-0.3, -0.25) is 9.59 Å². The lowest BCUT2D eigenvalue weighted by Gasteiger charge is -2.37. The van der Waals surface area contributed by atoms with Gasteiger partial charge in [-0.05, 0) is 83.2 Å². The van der Waals surface area contributed by atoms with Crippen LogP contribution in [0.1, 0.15) is 73.3 Å². The maximum atomic E-state index is 13.6. The second-order valence-electron chi connectivity index (χ2n) is 11.4. The number of aromatic amines is 1. The maximum absolute atomic E-state index is 13.6. The molecule has 0 unspecified atom stereocenters. The summed E-state index contributed by atoms with van der Waals surface area (Å²) in [5.41, 5.74) is 3.37. The smallest absolute Gasteiger partial charge is 0.410 e. The first-order valence-electron chi connectivity index (χ1n) is 14.2. The van der Waals surface area contributed by atoms with Crippen molar-refractivity contribution in [3.8, 4) is 0 Å². The molecule has 216 valence electrons. The van der Waals surface area contributed by atoms with Crippen LogP contribution in [0.15, 0.2) is 41.2 Å². The summed E-state index contributed by atoms with van der Waals surface area (Å²) in [5.74, 6) is -0.234. The first-order valence-corrected chi connectivity index (χ1v) is 14.2. The lowest BCUT2D eigenvalue weighted by atomic mass is 9.97. The third kappa shape index (κ3) is 7.13. The van der Waals surface area contributed by atoms with E-state index in [1.165, 1.54) is 0 Å². The molecule has 0 radical (unpaired) electrons. The van der Waals surface area contributed by atoms with E-state index in [-0.39, 0.29) is 24.6 Å². The minimum absolute atomic E-state index is 0.0422. The summed E-state index contributed by atoms with van der Waals surface area (Å²) in [6.07, 6.45) is 5.87. The molecule has 0 bridgehead atoms. The Kier molecular flexibility index (Phi) is 9.35. The predicted octanol–water partition coefficient (Wildman–Crippen LogP) is 4.47. The summed E-state index contributed by atoms with van der Waals surface area (Å²) in [6, 6.07) is 8.02. The molecule has 2 aliphatic rings. The summed E-state index contributed by atoms with van der Waals surface area (Å²) in [5, 5.41) is 2.98. The molecular weight excluding hydrogens is 508 g/mol. The number of aryl methyl sites for hydroxylation is 1. The standard InChI is InChI=1S/C31H42N4O5/c1-6-35(23-13-16-39-17-14-23)27-12-9-11-25-24(27)10-7-8-15-34(30(38)40-31(3,4)5)20-22-18-21(2)33-29(37)26(22)19-32-28(25)36/h7-9,11-12,18,23H,6,10,13-17,19-20H2,1-5H3,(H,32,36)(H,33,37). The van der Waals surface area contributed by atoms with E-state index >= 15 is 0 Å². The van der Waals surface area contributed by atoms with E-state index in [0.717, 1.165) is 43.9 Å². The molecule has 2 aromatic rings. The Hall–Kier alpha value is -3.59. The van der Waals surface area contributed by atoms with Crippen LogP contribution in [0, 0.1) is 6.92 Å². The van der Waals surface area contributed by atoms with Crippen molar-refractivity contribution in [3.63, 3.8) is 0 Å². The Bertz CT molecular complexity index is 1300. The van der Waals surface area contributed by atoms with E-state index in [1.54, 1.807) is 11.8 Å². The fraction of sp³-hybridized carbons (Fsp3) is 0.516. The number of fused-ring (bicyclic) bond motifs is 2. The molecule has 40 heavy (non-hydrogen) atoms. The molecule has 1 fully saturated rings. The molecule has 4 rings (SSSR count). The Morgan fingerprint density at radius 2 is 1.90 bits per heavy atom. The van der Waals surface area contributed by atoms with Crippen LogP contribution in [0.2, 0.25) is 0 Å². The molecule has 3 heterocycles. The third-order valence-corrected chi connectivity index (χ3v) is 7.29. The SMILES string of the molecule is CCN(c1cccc2c1CC=CCN(C(=O)OC(C)(C)C)Cc1cc(C)[nH]c(=O)c1CNC2=O)C1CCOCC1. The summed E-state index contributed by atoms with van der Waals surface area (Å²) < 4.78 is 11.3. The molecule has 0 saturated carbocycles. The highest BCUT2D eigenvalue weighted by Crippen LogP contribution is 2.30. The molecule has 9 heteroatoms. The highest BCUT2D eigenvalue weighted by atomic mass is 16.6. The first-order chi connectivity index (χ1) is 19.1. The van der Waals surface area contributed by atoms with Crippen LogP contribution < -0.4 is 15.8 Å². The molecule has 0 aliphatic carbocycles. The Labute approximate surface area is 236 Å². The zero-order valence-corrected chi connectivity index (χ0v) is 24.3. The average molecular weight is 551 g/mol. The first kappa shape index (κ1) is 29.4. The monoisotopic (exact) mass is 550 g/mol. The van der Waals surface area contributed by atoms with Crippen LogP contribution in [0.4, 0.5) is 10.5 Å². The Morgan fingerprint density at radius 1 is 1.15 bits per heavy atom. The van der Waals surface area contributed by atoms with Crippen molar-refractivity contribution in [1.29, 1.82) is 0 Å². The van der Waals surface area contributed by atoms with E-state index in [2.05, 4.69) is 28.2 Å². The second-order valence-corrected chi connectivity index (χ2v) is 11.4. The van der Waals surface area contributed by atoms with Crippen molar-refractivity contribution in [1.82, 2.24) is 15.2 Å². The topological polar surface area (TPSA) is 104 Å². The fourth-order valence-corrected chi connectivity index (χ4v) is 5.42. The third-order valence-electron chi connectivity index (χ3n) is 7.29. The van der Waals surface area contributed by atoms with Gasteiger partial charge in [0.2, 0.25) is 0 Å². The number of carbonyl (C=O) groups is 2. The molecule has 1 aromatic heterocycles. The molecule has 1 saturated heterocycles. The molecule has 2 N–H and O–H groups in total. The van der Waals surface area contributed by atoms with Gasteiger partial charge in [0, 0.05) is 67.9 Å². The number of nitrogens with one attached hydrogen (secondary N) is 2. The summed E-state index contributed by atoms with van der Waals surface area (Å²) >= 11 is 0. The summed E-state index contributed by atoms with van der Waals surface area (Å²) in [6.45, 7) is 12.2. The van der Waals surface area contributed by atoms with E-state index < -0.39 is 11.7 Å². The molecular formula is C31H42N4O5. The van der Waals surface area contributed by atoms with E-state index in [9.17, 15) is 14.4 Å². The summed E-state index contributed by atoms with van der Waals surface area (Å²) in [4.78, 5) is 46.6. The predicted molar refractivity (Wildman–Crippen MR) is 156 cm³/mol. The highest BCUT2D eigenvalue weighted by Gasteiger charge is 2.26. The number of ether oxygens (including phenoxy) is 2. The summed E-state index contributed by atoms with van der Waals surface area (Å²) in [7, 11) is 0. The molecule has 1 aromatic carbocycles. The number of H-pyrrole nitrogens is 1. The Morgan fingerprint density at radius 3 is 2.60 bits per heavy atom. The quantitative estimate of drug-likeness (QED) is 0.547. The van der Waals surface area contributed by atoms with Gasteiger partial charge in [-0.25, -0.2) is 4.79 Å². The van der Waals surface area contributed by atoms with Crippen LogP contribution in [0.5, 0.6) is 0 Å². The number of benzene rings is 1. The van der Waals surface area contributed by atoms with Gasteiger partial charge in [0.05, 0.1) is 0 Å². The van der Waals surface area contributed by atoms with Crippen molar-refractivity contribution in [3.05, 3.63) is 74.7 Å². The maximum Gasteiger partial charge on any atom is 0.410 e. The van der Waals surface area contributed by atoms with Crippen LogP contribution in [0.25, 0.3) is 0 Å². The zero-order chi connectivity index (χ0) is 28.9. The largest absolute Gasteiger partial charge is 0.444 e. The number of hydrogen-bond donors (Lipinski definition) is 2.